The number of amides is 1. The summed E-state index contributed by atoms with van der Waals surface area (Å²) < 4.78 is 0. The van der Waals surface area contributed by atoms with Crippen LogP contribution in [0.5, 0.6) is 0 Å². The molecule has 1 amide bonds. The molecule has 1 aromatic rings. The fraction of sp³-hybridized carbons (Fsp3) is 0.500. The van der Waals surface area contributed by atoms with Crippen LogP contribution in [0.25, 0.3) is 0 Å². The lowest BCUT2D eigenvalue weighted by atomic mass is 10.1. The molecule has 1 fully saturated rings. The Morgan fingerprint density at radius 1 is 1.19 bits per heavy atom. The van der Waals surface area contributed by atoms with Crippen LogP contribution in [0, 0.1) is 11.3 Å². The van der Waals surface area contributed by atoms with Gasteiger partial charge in [0.25, 0.3) is 0 Å². The van der Waals surface area contributed by atoms with Gasteiger partial charge in [0, 0.05) is 26.7 Å². The quantitative estimate of drug-likeness (QED) is 0.890. The summed E-state index contributed by atoms with van der Waals surface area (Å²) in [5.74, 6) is 0.0792. The van der Waals surface area contributed by atoms with E-state index in [1.807, 2.05) is 24.3 Å². The van der Waals surface area contributed by atoms with Gasteiger partial charge in [-0.1, -0.05) is 12.1 Å². The monoisotopic (exact) mass is 286 g/mol. The average Bonchev–Trinajstić information content (AvgIpc) is 2.73. The number of likely N-dealkylation sites (N-methyl/N-ethyl adjacent to an activating group) is 1. The van der Waals surface area contributed by atoms with Gasteiger partial charge in [-0.05, 0) is 37.2 Å². The van der Waals surface area contributed by atoms with E-state index in [-0.39, 0.29) is 5.91 Å². The molecule has 2 rings (SSSR count). The minimum absolute atomic E-state index is 0.0792. The van der Waals surface area contributed by atoms with Crippen molar-refractivity contribution in [2.24, 2.45) is 0 Å². The van der Waals surface area contributed by atoms with E-state index in [2.05, 4.69) is 21.2 Å². The number of carbonyl (C=O) groups excluding carboxylic acids is 1. The van der Waals surface area contributed by atoms with Crippen molar-refractivity contribution in [1.82, 2.24) is 15.1 Å². The Morgan fingerprint density at radius 3 is 2.52 bits per heavy atom. The highest BCUT2D eigenvalue weighted by Gasteiger charge is 2.16. The minimum Gasteiger partial charge on any atom is -0.358 e. The number of hydrogen-bond donors (Lipinski definition) is 1. The van der Waals surface area contributed by atoms with E-state index in [4.69, 9.17) is 5.26 Å². The van der Waals surface area contributed by atoms with Crippen LogP contribution >= 0.6 is 0 Å². The lowest BCUT2D eigenvalue weighted by molar-refractivity contribution is -0.121. The van der Waals surface area contributed by atoms with Crippen molar-refractivity contribution in [2.45, 2.75) is 13.0 Å². The summed E-state index contributed by atoms with van der Waals surface area (Å²) in [6.45, 7) is 5.29. The first kappa shape index (κ1) is 15.5. The van der Waals surface area contributed by atoms with Crippen molar-refractivity contribution in [3.63, 3.8) is 0 Å². The molecule has 0 atom stereocenters. The number of nitriles is 1. The van der Waals surface area contributed by atoms with E-state index >= 15 is 0 Å². The van der Waals surface area contributed by atoms with Gasteiger partial charge in [-0.3, -0.25) is 14.6 Å². The second kappa shape index (κ2) is 7.77. The first-order valence-electron chi connectivity index (χ1n) is 7.35. The van der Waals surface area contributed by atoms with Gasteiger partial charge < -0.3 is 5.32 Å². The maximum absolute atomic E-state index is 11.4. The predicted molar refractivity (Wildman–Crippen MR) is 81.6 cm³/mol. The second-order valence-electron chi connectivity index (χ2n) is 5.39. The summed E-state index contributed by atoms with van der Waals surface area (Å²) in [4.78, 5) is 16.0. The molecule has 1 aliphatic heterocycles. The van der Waals surface area contributed by atoms with Crippen molar-refractivity contribution < 1.29 is 4.79 Å². The lowest BCUT2D eigenvalue weighted by Crippen LogP contribution is -2.37. The van der Waals surface area contributed by atoms with Crippen LogP contribution in [-0.4, -0.2) is 55.5 Å². The van der Waals surface area contributed by atoms with E-state index < -0.39 is 0 Å². The highest BCUT2D eigenvalue weighted by molar-refractivity contribution is 5.77. The van der Waals surface area contributed by atoms with Crippen molar-refractivity contribution >= 4 is 5.91 Å². The fourth-order valence-corrected chi connectivity index (χ4v) is 2.57. The molecule has 0 aromatic heterocycles. The first-order valence-corrected chi connectivity index (χ1v) is 7.35. The van der Waals surface area contributed by atoms with Crippen LogP contribution < -0.4 is 5.32 Å². The zero-order valence-corrected chi connectivity index (χ0v) is 12.5. The van der Waals surface area contributed by atoms with Gasteiger partial charge in [0.15, 0.2) is 0 Å². The topological polar surface area (TPSA) is 59.4 Å². The summed E-state index contributed by atoms with van der Waals surface area (Å²) in [6, 6.07) is 9.91. The normalized spacial score (nSPS) is 17.0. The molecule has 1 aliphatic rings. The molecule has 1 heterocycles. The van der Waals surface area contributed by atoms with Crippen LogP contribution in [-0.2, 0) is 11.3 Å². The van der Waals surface area contributed by atoms with E-state index in [0.717, 1.165) is 39.1 Å². The first-order chi connectivity index (χ1) is 10.2. The molecular formula is C16H22N4O. The predicted octanol–water partition coefficient (Wildman–Crippen LogP) is 0.812. The third kappa shape index (κ3) is 4.85. The Morgan fingerprint density at radius 2 is 1.86 bits per heavy atom. The molecule has 1 aromatic carbocycles. The van der Waals surface area contributed by atoms with Gasteiger partial charge in [0.05, 0.1) is 18.2 Å². The average molecular weight is 286 g/mol. The smallest absolute Gasteiger partial charge is 0.233 e. The summed E-state index contributed by atoms with van der Waals surface area (Å²) in [7, 11) is 1.68. The maximum atomic E-state index is 11.4. The largest absolute Gasteiger partial charge is 0.358 e. The molecule has 0 spiro atoms. The van der Waals surface area contributed by atoms with Gasteiger partial charge in [-0.15, -0.1) is 0 Å². The molecule has 21 heavy (non-hydrogen) atoms. The highest BCUT2D eigenvalue weighted by atomic mass is 16.1. The van der Waals surface area contributed by atoms with Crippen molar-refractivity contribution in [1.29, 1.82) is 5.26 Å². The molecule has 0 saturated carbocycles. The molecule has 5 heteroatoms. The SMILES string of the molecule is CNC(=O)CN1CCCN(Cc2ccc(C#N)cc2)CC1. The number of hydrogen-bond acceptors (Lipinski definition) is 4. The third-order valence-corrected chi connectivity index (χ3v) is 3.82. The third-order valence-electron chi connectivity index (χ3n) is 3.82. The molecule has 1 N–H and O–H groups in total. The Hall–Kier alpha value is -1.90. The van der Waals surface area contributed by atoms with Gasteiger partial charge in [-0.25, -0.2) is 0 Å². The van der Waals surface area contributed by atoms with E-state index in [1.165, 1.54) is 5.56 Å². The Labute approximate surface area is 126 Å². The highest BCUT2D eigenvalue weighted by Crippen LogP contribution is 2.10. The molecule has 5 nitrogen and oxygen atoms in total. The van der Waals surface area contributed by atoms with E-state index in [1.54, 1.807) is 7.05 Å². The number of carbonyl (C=O) groups is 1. The molecule has 0 unspecified atom stereocenters. The molecule has 112 valence electrons. The lowest BCUT2D eigenvalue weighted by Gasteiger charge is -2.21. The number of benzene rings is 1. The van der Waals surface area contributed by atoms with Gasteiger partial charge in [0.2, 0.25) is 5.91 Å². The maximum Gasteiger partial charge on any atom is 0.233 e. The van der Waals surface area contributed by atoms with Crippen LogP contribution in [0.4, 0.5) is 0 Å². The van der Waals surface area contributed by atoms with Gasteiger partial charge in [0.1, 0.15) is 0 Å². The number of nitrogens with one attached hydrogen (secondary N) is 1. The standard InChI is InChI=1S/C16H22N4O/c1-18-16(21)13-20-8-2-7-19(9-10-20)12-15-5-3-14(11-17)4-6-15/h3-6H,2,7-10,12-13H2,1H3,(H,18,21). The molecule has 0 aliphatic carbocycles. The number of rotatable bonds is 4. The van der Waals surface area contributed by atoms with Crippen LogP contribution in [0.1, 0.15) is 17.5 Å². The summed E-state index contributed by atoms with van der Waals surface area (Å²) in [5.41, 5.74) is 1.93. The van der Waals surface area contributed by atoms with Gasteiger partial charge >= 0.3 is 0 Å². The van der Waals surface area contributed by atoms with Crippen LogP contribution in [0.15, 0.2) is 24.3 Å². The Bertz CT molecular complexity index is 506. The second-order valence-corrected chi connectivity index (χ2v) is 5.39. The Kier molecular flexibility index (Phi) is 5.73. The van der Waals surface area contributed by atoms with Crippen molar-refractivity contribution in [2.75, 3.05) is 39.8 Å². The van der Waals surface area contributed by atoms with Crippen LogP contribution in [0.2, 0.25) is 0 Å². The summed E-state index contributed by atoms with van der Waals surface area (Å²) in [5, 5.41) is 11.5. The van der Waals surface area contributed by atoms with Gasteiger partial charge in [-0.2, -0.15) is 5.26 Å². The summed E-state index contributed by atoms with van der Waals surface area (Å²) >= 11 is 0. The van der Waals surface area contributed by atoms with Crippen molar-refractivity contribution in [3.8, 4) is 6.07 Å². The minimum atomic E-state index is 0.0792. The molecule has 0 bridgehead atoms. The molecular weight excluding hydrogens is 264 g/mol. The van der Waals surface area contributed by atoms with Crippen LogP contribution in [0.3, 0.4) is 0 Å². The number of nitrogens with zero attached hydrogens (tertiary/aromatic N) is 3. The zero-order chi connectivity index (χ0) is 15.1. The van der Waals surface area contributed by atoms with E-state index in [9.17, 15) is 4.79 Å². The fourth-order valence-electron chi connectivity index (χ4n) is 2.57. The molecule has 0 radical (unpaired) electrons. The van der Waals surface area contributed by atoms with E-state index in [0.29, 0.717) is 12.1 Å². The van der Waals surface area contributed by atoms with Crippen molar-refractivity contribution in [3.05, 3.63) is 35.4 Å². The summed E-state index contributed by atoms with van der Waals surface area (Å²) in [6.07, 6.45) is 1.08. The zero-order valence-electron chi connectivity index (χ0n) is 12.5. The molecule has 1 saturated heterocycles. The Balaban J connectivity index is 1.85.